The van der Waals surface area contributed by atoms with Crippen LogP contribution in [-0.2, 0) is 22.9 Å². The molecule has 20 heavy (non-hydrogen) atoms. The minimum absolute atomic E-state index is 0.133. The summed E-state index contributed by atoms with van der Waals surface area (Å²) >= 11 is 5.74. The van der Waals surface area contributed by atoms with Crippen molar-refractivity contribution in [2.24, 2.45) is 5.41 Å². The Hall–Kier alpha value is -0.580. The number of fused-ring (bicyclic) bond motifs is 1. The quantitative estimate of drug-likeness (QED) is 0.820. The summed E-state index contributed by atoms with van der Waals surface area (Å²) in [4.78, 5) is 0.375. The molecule has 3 nitrogen and oxygen atoms in total. The highest BCUT2D eigenvalue weighted by Gasteiger charge is 2.23. The summed E-state index contributed by atoms with van der Waals surface area (Å²) in [6, 6.07) is 5.47. The van der Waals surface area contributed by atoms with Gasteiger partial charge in [-0.1, -0.05) is 19.9 Å². The van der Waals surface area contributed by atoms with Crippen molar-refractivity contribution in [2.45, 2.75) is 44.4 Å². The summed E-state index contributed by atoms with van der Waals surface area (Å²) in [7, 11) is -3.43. The predicted molar refractivity (Wildman–Crippen MR) is 82.8 cm³/mol. The van der Waals surface area contributed by atoms with Crippen LogP contribution >= 0.6 is 11.6 Å². The molecule has 0 aliphatic heterocycles. The molecule has 0 aromatic heterocycles. The minimum atomic E-state index is -3.43. The Morgan fingerprint density at radius 2 is 1.95 bits per heavy atom. The lowest BCUT2D eigenvalue weighted by molar-refractivity contribution is 0.352. The number of hydrogen-bond donors (Lipinski definition) is 1. The molecular weight excluding hydrogens is 294 g/mol. The molecule has 1 N–H and O–H groups in total. The molecule has 2 rings (SSSR count). The van der Waals surface area contributed by atoms with Crippen LogP contribution in [0.4, 0.5) is 0 Å². The zero-order valence-corrected chi connectivity index (χ0v) is 13.6. The van der Waals surface area contributed by atoms with E-state index in [9.17, 15) is 8.42 Å². The van der Waals surface area contributed by atoms with Crippen molar-refractivity contribution in [3.8, 4) is 0 Å². The van der Waals surface area contributed by atoms with Gasteiger partial charge in [-0.3, -0.25) is 0 Å². The third kappa shape index (κ3) is 3.74. The molecule has 0 unspecified atom stereocenters. The van der Waals surface area contributed by atoms with E-state index in [1.165, 1.54) is 11.1 Å². The monoisotopic (exact) mass is 315 g/mol. The fraction of sp³-hybridized carbons (Fsp3) is 0.600. The smallest absolute Gasteiger partial charge is 0.211 e. The molecule has 0 saturated carbocycles. The summed E-state index contributed by atoms with van der Waals surface area (Å²) in [6.45, 7) is 4.43. The molecule has 0 heterocycles. The zero-order chi connectivity index (χ0) is 14.8. The summed E-state index contributed by atoms with van der Waals surface area (Å²) in [6.07, 6.45) is 3.94. The van der Waals surface area contributed by atoms with E-state index in [0.29, 0.717) is 17.3 Å². The molecule has 1 aliphatic rings. The van der Waals surface area contributed by atoms with E-state index in [0.717, 1.165) is 25.7 Å². The molecule has 0 spiro atoms. The molecule has 1 aliphatic carbocycles. The third-order valence-electron chi connectivity index (χ3n) is 3.89. The van der Waals surface area contributed by atoms with Gasteiger partial charge in [0.2, 0.25) is 10.0 Å². The summed E-state index contributed by atoms with van der Waals surface area (Å²) in [5.74, 6) is 0.535. The van der Waals surface area contributed by atoms with E-state index in [1.807, 2.05) is 26.0 Å². The first kappa shape index (κ1) is 15.8. The van der Waals surface area contributed by atoms with Crippen LogP contribution in [0.5, 0.6) is 0 Å². The average molecular weight is 316 g/mol. The number of hydrogen-bond acceptors (Lipinski definition) is 2. The third-order valence-corrected chi connectivity index (χ3v) is 5.48. The molecule has 1 aromatic rings. The molecule has 112 valence electrons. The number of aryl methyl sites for hydroxylation is 2. The van der Waals surface area contributed by atoms with E-state index in [2.05, 4.69) is 4.72 Å². The van der Waals surface area contributed by atoms with Gasteiger partial charge in [0.25, 0.3) is 0 Å². The number of nitrogens with one attached hydrogen (secondary N) is 1. The van der Waals surface area contributed by atoms with Crippen molar-refractivity contribution in [1.82, 2.24) is 4.72 Å². The van der Waals surface area contributed by atoms with Gasteiger partial charge in [0.05, 0.1) is 4.90 Å². The van der Waals surface area contributed by atoms with Gasteiger partial charge < -0.3 is 0 Å². The molecule has 5 heteroatoms. The summed E-state index contributed by atoms with van der Waals surface area (Å²) in [5, 5.41) is 0. The van der Waals surface area contributed by atoms with Gasteiger partial charge in [0, 0.05) is 12.4 Å². The highest BCUT2D eigenvalue weighted by atomic mass is 35.5. The molecule has 0 amide bonds. The van der Waals surface area contributed by atoms with Gasteiger partial charge in [-0.2, -0.15) is 0 Å². The van der Waals surface area contributed by atoms with Gasteiger partial charge >= 0.3 is 0 Å². The van der Waals surface area contributed by atoms with Crippen molar-refractivity contribution < 1.29 is 8.42 Å². The van der Waals surface area contributed by atoms with E-state index in [-0.39, 0.29) is 5.41 Å². The second-order valence-corrected chi connectivity index (χ2v) is 8.36. The van der Waals surface area contributed by atoms with Crippen molar-refractivity contribution in [3.05, 3.63) is 29.3 Å². The maximum Gasteiger partial charge on any atom is 0.240 e. The maximum atomic E-state index is 12.3. The zero-order valence-electron chi connectivity index (χ0n) is 12.1. The second-order valence-electron chi connectivity index (χ2n) is 6.21. The number of halogens is 1. The number of sulfonamides is 1. The van der Waals surface area contributed by atoms with Crippen LogP contribution in [0.15, 0.2) is 23.1 Å². The van der Waals surface area contributed by atoms with Crippen molar-refractivity contribution in [1.29, 1.82) is 0 Å². The standard InChI is InChI=1S/C15H22ClNO2S/c1-15(2,8-9-16)11-17-20(18,19)14-7-6-12-4-3-5-13(12)10-14/h6-7,10,17H,3-5,8-9,11H2,1-2H3. The first-order chi connectivity index (χ1) is 9.34. The van der Waals surface area contributed by atoms with Gasteiger partial charge in [0.15, 0.2) is 0 Å². The fourth-order valence-corrected chi connectivity index (χ4v) is 4.24. The SMILES string of the molecule is CC(C)(CCCl)CNS(=O)(=O)c1ccc2c(c1)CCC2. The van der Waals surface area contributed by atoms with Crippen LogP contribution in [0, 0.1) is 5.41 Å². The maximum absolute atomic E-state index is 12.3. The Balaban J connectivity index is 2.11. The lowest BCUT2D eigenvalue weighted by Gasteiger charge is -2.23. The van der Waals surface area contributed by atoms with E-state index in [4.69, 9.17) is 11.6 Å². The van der Waals surface area contributed by atoms with Crippen LogP contribution < -0.4 is 4.72 Å². The minimum Gasteiger partial charge on any atom is -0.211 e. The first-order valence-electron chi connectivity index (χ1n) is 7.01. The molecule has 0 bridgehead atoms. The van der Waals surface area contributed by atoms with Crippen molar-refractivity contribution in [2.75, 3.05) is 12.4 Å². The topological polar surface area (TPSA) is 46.2 Å². The number of alkyl halides is 1. The second kappa shape index (κ2) is 6.04. The molecule has 0 atom stereocenters. The van der Waals surface area contributed by atoms with Crippen molar-refractivity contribution >= 4 is 21.6 Å². The first-order valence-corrected chi connectivity index (χ1v) is 9.03. The van der Waals surface area contributed by atoms with Gasteiger partial charge in [0.1, 0.15) is 0 Å². The molecular formula is C15H22ClNO2S. The average Bonchev–Trinajstić information content (AvgIpc) is 2.84. The normalized spacial score (nSPS) is 15.3. The number of benzene rings is 1. The molecule has 1 aromatic carbocycles. The van der Waals surface area contributed by atoms with E-state index >= 15 is 0 Å². The molecule has 0 saturated heterocycles. The summed E-state index contributed by atoms with van der Waals surface area (Å²) < 4.78 is 27.4. The highest BCUT2D eigenvalue weighted by molar-refractivity contribution is 7.89. The fourth-order valence-electron chi connectivity index (χ4n) is 2.43. The van der Waals surface area contributed by atoms with Crippen LogP contribution in [0.1, 0.15) is 37.8 Å². The Morgan fingerprint density at radius 3 is 2.65 bits per heavy atom. The Morgan fingerprint density at radius 1 is 1.25 bits per heavy atom. The van der Waals surface area contributed by atoms with Gasteiger partial charge in [-0.15, -0.1) is 11.6 Å². The lowest BCUT2D eigenvalue weighted by atomic mass is 9.91. The number of rotatable bonds is 6. The largest absolute Gasteiger partial charge is 0.240 e. The van der Waals surface area contributed by atoms with Gasteiger partial charge in [-0.25, -0.2) is 13.1 Å². The Labute approximate surface area is 126 Å². The summed E-state index contributed by atoms with van der Waals surface area (Å²) in [5.41, 5.74) is 2.32. The van der Waals surface area contributed by atoms with Crippen LogP contribution in [0.2, 0.25) is 0 Å². The Kier molecular flexibility index (Phi) is 4.77. The molecule has 0 fully saturated rings. The van der Waals surface area contributed by atoms with Crippen LogP contribution in [0.25, 0.3) is 0 Å². The van der Waals surface area contributed by atoms with E-state index < -0.39 is 10.0 Å². The van der Waals surface area contributed by atoms with Crippen LogP contribution in [0.3, 0.4) is 0 Å². The van der Waals surface area contributed by atoms with Crippen molar-refractivity contribution in [3.63, 3.8) is 0 Å². The molecule has 0 radical (unpaired) electrons. The lowest BCUT2D eigenvalue weighted by Crippen LogP contribution is -2.34. The van der Waals surface area contributed by atoms with Crippen LogP contribution in [-0.4, -0.2) is 20.8 Å². The highest BCUT2D eigenvalue weighted by Crippen LogP contribution is 2.25. The van der Waals surface area contributed by atoms with Gasteiger partial charge in [-0.05, 0) is 54.4 Å². The van der Waals surface area contributed by atoms with E-state index in [1.54, 1.807) is 6.07 Å². The predicted octanol–water partition coefficient (Wildman–Crippen LogP) is 3.11. The Bertz CT molecular complexity index is 582.